The lowest BCUT2D eigenvalue weighted by molar-refractivity contribution is 0.731. The first kappa shape index (κ1) is 25.1. The molecule has 0 saturated heterocycles. The van der Waals surface area contributed by atoms with Crippen LogP contribution in [-0.2, 0) is 5.41 Å². The molecule has 7 rings (SSSR count). The zero-order valence-electron chi connectivity index (χ0n) is 22.8. The second kappa shape index (κ2) is 10.3. The van der Waals surface area contributed by atoms with Gasteiger partial charge in [0, 0.05) is 5.69 Å². The second-order valence-electron chi connectivity index (χ2n) is 10.4. The fourth-order valence-corrected chi connectivity index (χ4v) is 6.42. The predicted molar refractivity (Wildman–Crippen MR) is 168 cm³/mol. The molecule has 1 heterocycles. The minimum Gasteiger partial charge on any atom is -0.310 e. The van der Waals surface area contributed by atoms with Crippen LogP contribution in [0.3, 0.4) is 0 Å². The topological polar surface area (TPSA) is 50.8 Å². The van der Waals surface area contributed by atoms with Gasteiger partial charge in [0.2, 0.25) is 0 Å². The number of para-hydroxylation sites is 2. The molecule has 42 heavy (non-hydrogen) atoms. The van der Waals surface area contributed by atoms with E-state index in [-0.39, 0.29) is 0 Å². The Morgan fingerprint density at radius 1 is 0.452 bits per heavy atom. The van der Waals surface area contributed by atoms with Crippen LogP contribution in [0.2, 0.25) is 0 Å². The number of hydrogen-bond donors (Lipinski definition) is 0. The van der Waals surface area contributed by atoms with E-state index in [9.17, 15) is 10.5 Å². The third-order valence-electron chi connectivity index (χ3n) is 8.16. The van der Waals surface area contributed by atoms with Crippen LogP contribution in [0.15, 0.2) is 152 Å². The van der Waals surface area contributed by atoms with Gasteiger partial charge in [-0.25, -0.2) is 0 Å². The van der Waals surface area contributed by atoms with Gasteiger partial charge in [0.25, 0.3) is 0 Å². The second-order valence-corrected chi connectivity index (χ2v) is 10.4. The van der Waals surface area contributed by atoms with Gasteiger partial charge in [-0.15, -0.1) is 0 Å². The van der Waals surface area contributed by atoms with E-state index >= 15 is 0 Å². The van der Waals surface area contributed by atoms with Gasteiger partial charge in [-0.05, 0) is 75.8 Å². The van der Waals surface area contributed by atoms with Gasteiger partial charge < -0.3 is 4.90 Å². The summed E-state index contributed by atoms with van der Waals surface area (Å²) in [6.07, 6.45) is 0. The van der Waals surface area contributed by atoms with Crippen molar-refractivity contribution in [2.45, 2.75) is 5.41 Å². The van der Waals surface area contributed by atoms with E-state index in [4.69, 9.17) is 0 Å². The molecule has 0 N–H and O–H groups in total. The Labute approximate surface area is 245 Å². The van der Waals surface area contributed by atoms with Gasteiger partial charge in [0.1, 0.15) is 0 Å². The van der Waals surface area contributed by atoms with E-state index < -0.39 is 5.41 Å². The van der Waals surface area contributed by atoms with Crippen molar-refractivity contribution in [1.29, 1.82) is 10.5 Å². The fraction of sp³-hybridized carbons (Fsp3) is 0.0256. The Bertz CT molecular complexity index is 1880. The highest BCUT2D eigenvalue weighted by Gasteiger charge is 2.46. The zero-order valence-corrected chi connectivity index (χ0v) is 22.8. The SMILES string of the molecule is N#Cc1cc(C#N)cc(-c2ccc(N3c4ccccc4C(c4ccccc4)(c4ccccc4)c4ccccc43)cc2)c1. The van der Waals surface area contributed by atoms with Gasteiger partial charge in [-0.2, -0.15) is 10.5 Å². The van der Waals surface area contributed by atoms with Crippen LogP contribution in [-0.4, -0.2) is 0 Å². The summed E-state index contributed by atoms with van der Waals surface area (Å²) in [5.41, 5.74) is 10.4. The zero-order chi connectivity index (χ0) is 28.5. The number of nitriles is 2. The monoisotopic (exact) mass is 535 g/mol. The summed E-state index contributed by atoms with van der Waals surface area (Å²) in [4.78, 5) is 2.34. The molecule has 0 fully saturated rings. The van der Waals surface area contributed by atoms with E-state index in [0.717, 1.165) is 28.2 Å². The summed E-state index contributed by atoms with van der Waals surface area (Å²) in [5, 5.41) is 18.9. The molecule has 0 saturated carbocycles. The van der Waals surface area contributed by atoms with E-state index in [2.05, 4.69) is 150 Å². The first-order valence-corrected chi connectivity index (χ1v) is 13.9. The van der Waals surface area contributed by atoms with Crippen molar-refractivity contribution in [1.82, 2.24) is 0 Å². The van der Waals surface area contributed by atoms with Crippen molar-refractivity contribution in [2.24, 2.45) is 0 Å². The average molecular weight is 536 g/mol. The minimum atomic E-state index is -0.502. The number of benzene rings is 6. The molecule has 0 aliphatic carbocycles. The Kier molecular flexibility index (Phi) is 6.12. The van der Waals surface area contributed by atoms with Gasteiger partial charge in [-0.3, -0.25) is 0 Å². The number of hydrogen-bond acceptors (Lipinski definition) is 3. The van der Waals surface area contributed by atoms with Gasteiger partial charge in [0.05, 0.1) is 40.1 Å². The first-order valence-electron chi connectivity index (χ1n) is 13.9. The third-order valence-corrected chi connectivity index (χ3v) is 8.16. The van der Waals surface area contributed by atoms with Crippen LogP contribution in [0, 0.1) is 22.7 Å². The lowest BCUT2D eigenvalue weighted by atomic mass is 9.62. The average Bonchev–Trinajstić information content (AvgIpc) is 3.08. The highest BCUT2D eigenvalue weighted by Crippen LogP contribution is 2.57. The van der Waals surface area contributed by atoms with Gasteiger partial charge in [0.15, 0.2) is 0 Å². The summed E-state index contributed by atoms with van der Waals surface area (Å²) in [5.74, 6) is 0. The molecule has 0 spiro atoms. The summed E-state index contributed by atoms with van der Waals surface area (Å²) in [7, 11) is 0. The van der Waals surface area contributed by atoms with Crippen LogP contribution in [0.1, 0.15) is 33.4 Å². The van der Waals surface area contributed by atoms with Crippen LogP contribution in [0.5, 0.6) is 0 Å². The molecule has 3 heteroatoms. The van der Waals surface area contributed by atoms with E-state index in [1.165, 1.54) is 22.3 Å². The van der Waals surface area contributed by atoms with Crippen molar-refractivity contribution in [3.05, 3.63) is 185 Å². The molecule has 0 bridgehead atoms. The minimum absolute atomic E-state index is 0.477. The van der Waals surface area contributed by atoms with E-state index in [0.29, 0.717) is 11.1 Å². The molecule has 0 radical (unpaired) electrons. The predicted octanol–water partition coefficient (Wildman–Crippen LogP) is 9.26. The Morgan fingerprint density at radius 2 is 0.905 bits per heavy atom. The summed E-state index contributed by atoms with van der Waals surface area (Å²) < 4.78 is 0. The molecule has 6 aromatic rings. The van der Waals surface area contributed by atoms with E-state index in [1.54, 1.807) is 6.07 Å². The van der Waals surface area contributed by atoms with Gasteiger partial charge in [-0.1, -0.05) is 109 Å². The van der Waals surface area contributed by atoms with Gasteiger partial charge >= 0.3 is 0 Å². The summed E-state index contributed by atoms with van der Waals surface area (Å²) >= 11 is 0. The van der Waals surface area contributed by atoms with Crippen molar-refractivity contribution in [2.75, 3.05) is 4.90 Å². The molecule has 1 aliphatic heterocycles. The normalized spacial score (nSPS) is 12.9. The summed E-state index contributed by atoms with van der Waals surface area (Å²) in [6.45, 7) is 0. The Morgan fingerprint density at radius 3 is 1.38 bits per heavy atom. The maximum Gasteiger partial charge on any atom is 0.0992 e. The Hall–Kier alpha value is -5.90. The molecule has 3 nitrogen and oxygen atoms in total. The Balaban J connectivity index is 1.45. The highest BCUT2D eigenvalue weighted by molar-refractivity contribution is 5.89. The fourth-order valence-electron chi connectivity index (χ4n) is 6.42. The molecule has 1 aliphatic rings. The van der Waals surface area contributed by atoms with Crippen LogP contribution < -0.4 is 4.90 Å². The maximum absolute atomic E-state index is 9.47. The number of nitrogens with zero attached hydrogens (tertiary/aromatic N) is 3. The molecule has 0 unspecified atom stereocenters. The molecule has 0 amide bonds. The number of fused-ring (bicyclic) bond motifs is 2. The van der Waals surface area contributed by atoms with E-state index in [1.807, 2.05) is 12.1 Å². The molecular formula is C39H25N3. The van der Waals surface area contributed by atoms with Crippen LogP contribution >= 0.6 is 0 Å². The highest BCUT2D eigenvalue weighted by atomic mass is 15.2. The number of anilines is 3. The van der Waals surface area contributed by atoms with Crippen molar-refractivity contribution >= 4 is 17.1 Å². The first-order chi connectivity index (χ1) is 20.7. The van der Waals surface area contributed by atoms with Crippen LogP contribution in [0.25, 0.3) is 11.1 Å². The largest absolute Gasteiger partial charge is 0.310 e. The smallest absolute Gasteiger partial charge is 0.0992 e. The maximum atomic E-state index is 9.47. The molecule has 0 aromatic heterocycles. The molecular weight excluding hydrogens is 510 g/mol. The number of rotatable bonds is 4. The summed E-state index contributed by atoms with van der Waals surface area (Å²) in [6, 6.07) is 56.9. The molecule has 0 atom stereocenters. The molecule has 196 valence electrons. The standard InChI is InChI=1S/C39H25N3/c40-26-28-23-29(27-41)25-31(24-28)30-19-21-34(22-20-30)42-37-17-9-7-15-35(37)39(32-11-3-1-4-12-32,33-13-5-2-6-14-33)36-16-8-10-18-38(36)42/h1-25H. The van der Waals surface area contributed by atoms with Crippen molar-refractivity contribution in [3.63, 3.8) is 0 Å². The van der Waals surface area contributed by atoms with Crippen molar-refractivity contribution < 1.29 is 0 Å². The third kappa shape index (κ3) is 3.88. The van der Waals surface area contributed by atoms with Crippen molar-refractivity contribution in [3.8, 4) is 23.3 Å². The molecule has 6 aromatic carbocycles. The van der Waals surface area contributed by atoms with Crippen LogP contribution in [0.4, 0.5) is 17.1 Å². The lowest BCUT2D eigenvalue weighted by Crippen LogP contribution is -2.37. The quantitative estimate of drug-likeness (QED) is 0.226. The lowest BCUT2D eigenvalue weighted by Gasteiger charge is -2.46.